The average molecular weight is 330 g/mol. The zero-order valence-corrected chi connectivity index (χ0v) is 14.2. The molecular formula is C13H22N4O2S2. The second-order valence-corrected chi connectivity index (χ2v) is 8.83. The number of rotatable bonds is 5. The van der Waals surface area contributed by atoms with E-state index < -0.39 is 15.2 Å². The predicted molar refractivity (Wildman–Crippen MR) is 87.3 cm³/mol. The van der Waals surface area contributed by atoms with Crippen molar-refractivity contribution in [2.75, 3.05) is 29.2 Å². The largest absolute Gasteiger partial charge is 0.322 e. The zero-order valence-electron chi connectivity index (χ0n) is 12.6. The Morgan fingerprint density at radius 2 is 2.10 bits per heavy atom. The Labute approximate surface area is 130 Å². The molecule has 1 aromatic rings. The van der Waals surface area contributed by atoms with Gasteiger partial charge in [-0.1, -0.05) is 13.8 Å². The van der Waals surface area contributed by atoms with Gasteiger partial charge in [0.25, 0.3) is 0 Å². The molecule has 2 rings (SSSR count). The summed E-state index contributed by atoms with van der Waals surface area (Å²) in [4.78, 5) is 10.5. The van der Waals surface area contributed by atoms with Gasteiger partial charge < -0.3 is 10.2 Å². The molecule has 6 nitrogen and oxygen atoms in total. The average Bonchev–Trinajstić information content (AvgIpc) is 2.45. The van der Waals surface area contributed by atoms with E-state index >= 15 is 0 Å². The minimum absolute atomic E-state index is 0.401. The van der Waals surface area contributed by atoms with Gasteiger partial charge in [0.2, 0.25) is 5.95 Å². The first-order chi connectivity index (χ1) is 9.88. The molecule has 0 spiro atoms. The Hall–Kier alpha value is -0.860. The molecule has 1 fully saturated rings. The first kappa shape index (κ1) is 16.5. The number of sulfone groups is 1. The smallest absolute Gasteiger partial charge is 0.226 e. The molecular weight excluding hydrogens is 308 g/mol. The second-order valence-electron chi connectivity index (χ2n) is 5.48. The van der Waals surface area contributed by atoms with Crippen molar-refractivity contribution in [1.82, 2.24) is 15.3 Å². The molecule has 0 amide bonds. The molecule has 1 atom stereocenters. The van der Waals surface area contributed by atoms with E-state index in [-0.39, 0.29) is 0 Å². The summed E-state index contributed by atoms with van der Waals surface area (Å²) in [5.74, 6) is 1.96. The molecule has 21 heavy (non-hydrogen) atoms. The molecule has 0 radical (unpaired) electrons. The minimum atomic E-state index is -3.14. The van der Waals surface area contributed by atoms with Crippen LogP contribution in [-0.4, -0.2) is 54.1 Å². The number of hydrogen-bond donors (Lipinski definition) is 1. The lowest BCUT2D eigenvalue weighted by Crippen LogP contribution is -2.47. The highest BCUT2D eigenvalue weighted by Gasteiger charge is 2.32. The Morgan fingerprint density at radius 1 is 1.43 bits per heavy atom. The van der Waals surface area contributed by atoms with Crippen LogP contribution in [0.2, 0.25) is 0 Å². The summed E-state index contributed by atoms with van der Waals surface area (Å²) >= 11 is 1.66. The van der Waals surface area contributed by atoms with Crippen LogP contribution < -0.4 is 10.2 Å². The quantitative estimate of drug-likeness (QED) is 0.859. The monoisotopic (exact) mass is 330 g/mol. The molecule has 1 aromatic heterocycles. The number of aromatic nitrogens is 2. The lowest BCUT2D eigenvalue weighted by molar-refractivity contribution is 0.580. The Morgan fingerprint density at radius 3 is 2.67 bits per heavy atom. The molecule has 8 heteroatoms. The molecule has 1 unspecified atom stereocenters. The second kappa shape index (κ2) is 6.93. The highest BCUT2D eigenvalue weighted by Crippen LogP contribution is 2.23. The molecule has 1 N–H and O–H groups in total. The van der Waals surface area contributed by atoms with Crippen molar-refractivity contribution < 1.29 is 8.42 Å². The van der Waals surface area contributed by atoms with Crippen molar-refractivity contribution in [2.24, 2.45) is 0 Å². The van der Waals surface area contributed by atoms with Crippen LogP contribution in [0.3, 0.4) is 0 Å². The molecule has 1 aliphatic heterocycles. The fraction of sp³-hybridized carbons (Fsp3) is 0.692. The standard InChI is InChI=1S/C13H22N4O2S2/c1-10(2)14-6-11-7-15-13(16-8-11)17-4-5-20-9-12(17)21(3,18)19/h7-8,10,12,14H,4-6,9H2,1-3H3. The summed E-state index contributed by atoms with van der Waals surface area (Å²) in [6, 6.07) is 0.401. The van der Waals surface area contributed by atoms with Gasteiger partial charge >= 0.3 is 0 Å². The molecule has 118 valence electrons. The highest BCUT2D eigenvalue weighted by atomic mass is 32.2. The summed E-state index contributed by atoms with van der Waals surface area (Å²) in [6.45, 7) is 5.53. The maximum absolute atomic E-state index is 11.9. The van der Waals surface area contributed by atoms with Crippen LogP contribution in [0.4, 0.5) is 5.95 Å². The van der Waals surface area contributed by atoms with Gasteiger partial charge in [-0.2, -0.15) is 11.8 Å². The number of thioether (sulfide) groups is 1. The number of hydrogen-bond acceptors (Lipinski definition) is 7. The SMILES string of the molecule is CC(C)NCc1cnc(N2CCSCC2S(C)(=O)=O)nc1. The molecule has 1 aliphatic rings. The van der Waals surface area contributed by atoms with Crippen molar-refractivity contribution >= 4 is 27.5 Å². The van der Waals surface area contributed by atoms with E-state index in [4.69, 9.17) is 0 Å². The van der Waals surface area contributed by atoms with Gasteiger partial charge in [-0.25, -0.2) is 18.4 Å². The number of nitrogens with zero attached hydrogens (tertiary/aromatic N) is 3. The van der Waals surface area contributed by atoms with Gasteiger partial charge in [-0.3, -0.25) is 0 Å². The van der Waals surface area contributed by atoms with Gasteiger partial charge in [0.1, 0.15) is 5.37 Å². The third kappa shape index (κ3) is 4.55. The van der Waals surface area contributed by atoms with E-state index in [1.165, 1.54) is 6.26 Å². The third-order valence-electron chi connectivity index (χ3n) is 3.24. The van der Waals surface area contributed by atoms with Gasteiger partial charge in [0.05, 0.1) is 0 Å². The van der Waals surface area contributed by atoms with Crippen LogP contribution in [0, 0.1) is 0 Å². The van der Waals surface area contributed by atoms with E-state index in [0.29, 0.717) is 30.8 Å². The van der Waals surface area contributed by atoms with Crippen LogP contribution in [-0.2, 0) is 16.4 Å². The van der Waals surface area contributed by atoms with E-state index in [1.807, 2.05) is 0 Å². The van der Waals surface area contributed by atoms with Crippen LogP contribution in [0.1, 0.15) is 19.4 Å². The van der Waals surface area contributed by atoms with Crippen LogP contribution >= 0.6 is 11.8 Å². The highest BCUT2D eigenvalue weighted by molar-refractivity contribution is 8.01. The molecule has 0 aromatic carbocycles. The fourth-order valence-corrected chi connectivity index (χ4v) is 4.89. The molecule has 0 saturated carbocycles. The van der Waals surface area contributed by atoms with Crippen molar-refractivity contribution in [2.45, 2.75) is 31.8 Å². The maximum atomic E-state index is 11.9. The Balaban J connectivity index is 2.12. The lowest BCUT2D eigenvalue weighted by atomic mass is 10.3. The summed E-state index contributed by atoms with van der Waals surface area (Å²) in [7, 11) is -3.14. The first-order valence-electron chi connectivity index (χ1n) is 6.95. The number of anilines is 1. The predicted octanol–water partition coefficient (Wildman–Crippen LogP) is 0.898. The summed E-state index contributed by atoms with van der Waals surface area (Å²) < 4.78 is 23.8. The van der Waals surface area contributed by atoms with Gasteiger partial charge in [-0.15, -0.1) is 0 Å². The summed E-state index contributed by atoms with van der Waals surface area (Å²) in [5, 5.41) is 2.77. The summed E-state index contributed by atoms with van der Waals surface area (Å²) in [6.07, 6.45) is 4.80. The van der Waals surface area contributed by atoms with Crippen LogP contribution in [0.15, 0.2) is 12.4 Å². The summed E-state index contributed by atoms with van der Waals surface area (Å²) in [5.41, 5.74) is 0.995. The molecule has 0 bridgehead atoms. The van der Waals surface area contributed by atoms with E-state index in [1.54, 1.807) is 29.1 Å². The third-order valence-corrected chi connectivity index (χ3v) is 5.89. The zero-order chi connectivity index (χ0) is 15.5. The van der Waals surface area contributed by atoms with Crippen molar-refractivity contribution in [3.63, 3.8) is 0 Å². The molecule has 1 saturated heterocycles. The lowest BCUT2D eigenvalue weighted by Gasteiger charge is -2.33. The maximum Gasteiger partial charge on any atom is 0.226 e. The van der Waals surface area contributed by atoms with Crippen LogP contribution in [0.5, 0.6) is 0 Å². The first-order valence-corrected chi connectivity index (χ1v) is 10.1. The van der Waals surface area contributed by atoms with Gasteiger partial charge in [0, 0.05) is 54.8 Å². The van der Waals surface area contributed by atoms with Crippen LogP contribution in [0.25, 0.3) is 0 Å². The van der Waals surface area contributed by atoms with Gasteiger partial charge in [-0.05, 0) is 0 Å². The minimum Gasteiger partial charge on any atom is -0.322 e. The Kier molecular flexibility index (Phi) is 5.45. The van der Waals surface area contributed by atoms with E-state index in [2.05, 4.69) is 29.1 Å². The normalized spacial score (nSPS) is 20.0. The van der Waals surface area contributed by atoms with Crippen molar-refractivity contribution in [3.05, 3.63) is 18.0 Å². The van der Waals surface area contributed by atoms with E-state index in [9.17, 15) is 8.42 Å². The van der Waals surface area contributed by atoms with E-state index in [0.717, 1.165) is 11.3 Å². The number of nitrogens with one attached hydrogen (secondary N) is 1. The van der Waals surface area contributed by atoms with Crippen molar-refractivity contribution in [1.29, 1.82) is 0 Å². The fourth-order valence-electron chi connectivity index (χ4n) is 2.07. The van der Waals surface area contributed by atoms with Crippen molar-refractivity contribution in [3.8, 4) is 0 Å². The topological polar surface area (TPSA) is 75.2 Å². The molecule has 2 heterocycles. The molecule has 0 aliphatic carbocycles. The Bertz CT molecular complexity index is 560. The van der Waals surface area contributed by atoms with Gasteiger partial charge in [0.15, 0.2) is 9.84 Å².